The first-order valence-corrected chi connectivity index (χ1v) is 9.68. The molecule has 0 radical (unpaired) electrons. The summed E-state index contributed by atoms with van der Waals surface area (Å²) < 4.78 is 1.87. The lowest BCUT2D eigenvalue weighted by Gasteiger charge is -2.37. The lowest BCUT2D eigenvalue weighted by molar-refractivity contribution is -0.120. The summed E-state index contributed by atoms with van der Waals surface area (Å²) in [4.78, 5) is 23.8. The second kappa shape index (κ2) is 5.91. The van der Waals surface area contributed by atoms with Crippen LogP contribution in [0.15, 0.2) is 18.3 Å². The van der Waals surface area contributed by atoms with E-state index in [-0.39, 0.29) is 17.9 Å². The summed E-state index contributed by atoms with van der Waals surface area (Å²) in [5, 5.41) is 5.81. The van der Waals surface area contributed by atoms with Gasteiger partial charge in [0.25, 0.3) is 0 Å². The van der Waals surface area contributed by atoms with Crippen LogP contribution in [0.4, 0.5) is 5.82 Å². The van der Waals surface area contributed by atoms with Crippen LogP contribution in [0.2, 0.25) is 10.0 Å². The average Bonchev–Trinajstić information content (AvgIpc) is 2.97. The predicted octanol–water partition coefficient (Wildman–Crippen LogP) is 4.27. The number of hydrogen-bond acceptors (Lipinski definition) is 5. The molecule has 5 rings (SSSR count). The highest BCUT2D eigenvalue weighted by Crippen LogP contribution is 2.41. The Balaban J connectivity index is 1.86. The zero-order valence-corrected chi connectivity index (χ0v) is 16.4. The van der Waals surface area contributed by atoms with Crippen LogP contribution in [-0.2, 0) is 4.79 Å². The zero-order valence-electron chi connectivity index (χ0n) is 14.9. The summed E-state index contributed by atoms with van der Waals surface area (Å²) >= 11 is 13.1. The maximum absolute atomic E-state index is 12.2. The fourth-order valence-corrected chi connectivity index (χ4v) is 4.79. The predicted molar refractivity (Wildman–Crippen MR) is 105 cm³/mol. The van der Waals surface area contributed by atoms with Gasteiger partial charge in [-0.25, -0.2) is 14.6 Å². The van der Waals surface area contributed by atoms with E-state index in [1.165, 1.54) is 0 Å². The van der Waals surface area contributed by atoms with Crippen LogP contribution in [0.3, 0.4) is 0 Å². The molecule has 2 aliphatic rings. The molecule has 4 bridgehead atoms. The highest BCUT2D eigenvalue weighted by molar-refractivity contribution is 6.35. The summed E-state index contributed by atoms with van der Waals surface area (Å²) in [5.41, 5.74) is 4.13. The van der Waals surface area contributed by atoms with Crippen molar-refractivity contribution < 1.29 is 4.79 Å². The molecule has 8 heteroatoms. The molecule has 3 aromatic rings. The van der Waals surface area contributed by atoms with Crippen LogP contribution in [-0.4, -0.2) is 32.1 Å². The zero-order chi connectivity index (χ0) is 18.9. The standard InChI is InChI=1S/C19H17Cl2N5O/c1-9-18-19-23-17(8-22-18)25-4-3-11(27)5-16(25)13-6-12(10(2)26(19)24-9)14(20)7-15(13)21/h6-8,10,16H,3-5H2,1-2H3/t10-,16-/m1/s1. The van der Waals surface area contributed by atoms with Crippen molar-refractivity contribution in [2.75, 3.05) is 11.4 Å². The van der Waals surface area contributed by atoms with Crippen molar-refractivity contribution >= 4 is 46.0 Å². The first-order chi connectivity index (χ1) is 12.9. The largest absolute Gasteiger partial charge is 0.347 e. The molecule has 2 aromatic heterocycles. The fourth-order valence-electron chi connectivity index (χ4n) is 4.12. The molecule has 138 valence electrons. The molecule has 2 aliphatic heterocycles. The molecular formula is C19H17Cl2N5O. The van der Waals surface area contributed by atoms with E-state index in [2.05, 4.69) is 15.0 Å². The van der Waals surface area contributed by atoms with Crippen LogP contribution in [0.25, 0.3) is 11.2 Å². The summed E-state index contributed by atoms with van der Waals surface area (Å²) in [5.74, 6) is 0.965. The third-order valence-corrected chi connectivity index (χ3v) is 6.23. The van der Waals surface area contributed by atoms with Gasteiger partial charge in [0, 0.05) is 29.4 Å². The first kappa shape index (κ1) is 17.0. The van der Waals surface area contributed by atoms with Crippen molar-refractivity contribution in [2.24, 2.45) is 0 Å². The van der Waals surface area contributed by atoms with Crippen LogP contribution in [0.1, 0.15) is 48.7 Å². The van der Waals surface area contributed by atoms with E-state index in [4.69, 9.17) is 28.2 Å². The number of carbonyl (C=O) groups is 1. The van der Waals surface area contributed by atoms with Gasteiger partial charge in [-0.1, -0.05) is 23.2 Å². The van der Waals surface area contributed by atoms with Gasteiger partial charge in [-0.05, 0) is 37.1 Å². The minimum Gasteiger partial charge on any atom is -0.347 e. The lowest BCUT2D eigenvalue weighted by atomic mass is 9.92. The third-order valence-electron chi connectivity index (χ3n) is 5.57. The normalized spacial score (nSPS) is 21.6. The number of anilines is 1. The van der Waals surface area contributed by atoms with Gasteiger partial charge in [0.15, 0.2) is 5.65 Å². The molecule has 1 fully saturated rings. The Morgan fingerprint density at radius 2 is 1.96 bits per heavy atom. The number of ketones is 1. The number of benzene rings is 1. The van der Waals surface area contributed by atoms with Crippen LogP contribution < -0.4 is 4.90 Å². The number of rotatable bonds is 0. The third kappa shape index (κ3) is 2.47. The Hall–Kier alpha value is -2.18. The van der Waals surface area contributed by atoms with Crippen LogP contribution in [0.5, 0.6) is 0 Å². The van der Waals surface area contributed by atoms with Crippen molar-refractivity contribution in [3.05, 3.63) is 45.2 Å². The van der Waals surface area contributed by atoms with E-state index in [0.717, 1.165) is 33.8 Å². The van der Waals surface area contributed by atoms with Crippen molar-refractivity contribution in [1.29, 1.82) is 0 Å². The molecule has 2 atom stereocenters. The Morgan fingerprint density at radius 3 is 2.78 bits per heavy atom. The molecule has 27 heavy (non-hydrogen) atoms. The van der Waals surface area contributed by atoms with Gasteiger partial charge in [-0.15, -0.1) is 0 Å². The maximum atomic E-state index is 12.2. The summed E-state index contributed by atoms with van der Waals surface area (Å²) in [6, 6.07) is 3.48. The minimum absolute atomic E-state index is 0.139. The number of halogens is 2. The van der Waals surface area contributed by atoms with Crippen molar-refractivity contribution in [1.82, 2.24) is 19.7 Å². The van der Waals surface area contributed by atoms with Gasteiger partial charge >= 0.3 is 0 Å². The number of fused-ring (bicyclic) bond motifs is 6. The molecule has 0 N–H and O–H groups in total. The van der Waals surface area contributed by atoms with Crippen molar-refractivity contribution in [3.8, 4) is 0 Å². The molecular weight excluding hydrogens is 385 g/mol. The molecule has 0 unspecified atom stereocenters. The van der Waals surface area contributed by atoms with Gasteiger partial charge in [0.2, 0.25) is 0 Å². The summed E-state index contributed by atoms with van der Waals surface area (Å²) in [6.45, 7) is 4.54. The van der Waals surface area contributed by atoms with E-state index in [0.29, 0.717) is 29.4 Å². The van der Waals surface area contributed by atoms with E-state index < -0.39 is 0 Å². The van der Waals surface area contributed by atoms with Gasteiger partial charge in [0.05, 0.1) is 24.0 Å². The highest BCUT2D eigenvalue weighted by atomic mass is 35.5. The molecule has 1 aromatic carbocycles. The lowest BCUT2D eigenvalue weighted by Crippen LogP contribution is -2.38. The smallest absolute Gasteiger partial charge is 0.179 e. The Bertz CT molecular complexity index is 1110. The maximum Gasteiger partial charge on any atom is 0.179 e. The van der Waals surface area contributed by atoms with Crippen molar-refractivity contribution in [3.63, 3.8) is 0 Å². The molecule has 0 amide bonds. The highest BCUT2D eigenvalue weighted by Gasteiger charge is 2.33. The first-order valence-electron chi connectivity index (χ1n) is 8.93. The van der Waals surface area contributed by atoms with Crippen molar-refractivity contribution in [2.45, 2.75) is 38.8 Å². The molecule has 0 saturated carbocycles. The fraction of sp³-hybridized carbons (Fsp3) is 0.368. The number of Topliss-reactive ketones (excluding diaryl/α,β-unsaturated/α-hetero) is 1. The molecule has 0 aliphatic carbocycles. The van der Waals surface area contributed by atoms with Crippen LogP contribution in [0, 0.1) is 6.92 Å². The number of hydrogen-bond donors (Lipinski definition) is 0. The molecule has 0 spiro atoms. The van der Waals surface area contributed by atoms with Gasteiger partial charge < -0.3 is 4.90 Å². The SMILES string of the molecule is Cc1nn2c3nc(cnc13)N1CCC(=O)C[C@@H]1c1cc(c(Cl)cc1Cl)[C@H]2C. The monoisotopic (exact) mass is 401 g/mol. The number of carbonyl (C=O) groups excluding carboxylic acids is 1. The molecule has 6 nitrogen and oxygen atoms in total. The second-order valence-corrected chi connectivity index (χ2v) is 8.02. The average molecular weight is 402 g/mol. The number of aromatic nitrogens is 4. The minimum atomic E-state index is -0.177. The van der Waals surface area contributed by atoms with E-state index in [1.54, 1.807) is 12.3 Å². The second-order valence-electron chi connectivity index (χ2n) is 7.20. The topological polar surface area (TPSA) is 63.9 Å². The Morgan fingerprint density at radius 1 is 1.19 bits per heavy atom. The van der Waals surface area contributed by atoms with Gasteiger partial charge in [0.1, 0.15) is 17.1 Å². The van der Waals surface area contributed by atoms with E-state index in [1.807, 2.05) is 24.6 Å². The summed E-state index contributed by atoms with van der Waals surface area (Å²) in [7, 11) is 0. The quantitative estimate of drug-likeness (QED) is 0.562. The summed E-state index contributed by atoms with van der Waals surface area (Å²) in [6.07, 6.45) is 2.65. The van der Waals surface area contributed by atoms with E-state index in [9.17, 15) is 4.79 Å². The van der Waals surface area contributed by atoms with E-state index >= 15 is 0 Å². The number of nitrogens with zero attached hydrogens (tertiary/aromatic N) is 5. The number of piperidine rings is 1. The van der Waals surface area contributed by atoms with Crippen LogP contribution >= 0.6 is 23.2 Å². The molecule has 4 heterocycles. The Labute approximate surface area is 166 Å². The molecule has 1 saturated heterocycles. The number of aryl methyl sites for hydroxylation is 1. The van der Waals surface area contributed by atoms with Gasteiger partial charge in [-0.2, -0.15) is 5.10 Å². The Kier molecular flexibility index (Phi) is 3.71. The van der Waals surface area contributed by atoms with Gasteiger partial charge in [-0.3, -0.25) is 4.79 Å².